The average Bonchev–Trinajstić information content (AvgIpc) is 2.89. The summed E-state index contributed by atoms with van der Waals surface area (Å²) in [5.41, 5.74) is 0.106. The molecule has 0 fully saturated rings. The Morgan fingerprint density at radius 2 is 1.51 bits per heavy atom. The second-order valence-electron chi connectivity index (χ2n) is 12.9. The molecule has 0 bridgehead atoms. The van der Waals surface area contributed by atoms with Crippen molar-refractivity contribution in [2.75, 3.05) is 6.54 Å². The number of hydrogen-bond donors (Lipinski definition) is 5. The SMILES string of the molecule is CC(C)CCNC(=O)C(C)NC(=O)CC(O)C(Cc1ccc2ccccc2c1)NC(=O)C(NC(=O)OC(C)(C)C)C(C)C. The Kier molecular flexibility index (Phi) is 13.4. The zero-order chi connectivity index (χ0) is 32.3. The number of aliphatic hydroxyl groups is 1. The first-order valence-corrected chi connectivity index (χ1v) is 15.1. The quantitative estimate of drug-likeness (QED) is 0.223. The minimum absolute atomic E-state index is 0.230. The molecule has 0 saturated heterocycles. The van der Waals surface area contributed by atoms with Crippen LogP contribution in [0.15, 0.2) is 42.5 Å². The number of carbonyl (C=O) groups excluding carboxylic acids is 4. The van der Waals surface area contributed by atoms with Crippen LogP contribution in [-0.2, 0) is 25.5 Å². The molecule has 0 spiro atoms. The van der Waals surface area contributed by atoms with Crippen LogP contribution in [0.25, 0.3) is 10.8 Å². The molecule has 2 rings (SSSR count). The van der Waals surface area contributed by atoms with Crippen molar-refractivity contribution in [1.29, 1.82) is 0 Å². The fourth-order valence-electron chi connectivity index (χ4n) is 4.48. The van der Waals surface area contributed by atoms with E-state index in [0.29, 0.717) is 12.5 Å². The molecular weight excluding hydrogens is 548 g/mol. The molecule has 0 heterocycles. The van der Waals surface area contributed by atoms with Gasteiger partial charge in [-0.25, -0.2) is 4.79 Å². The summed E-state index contributed by atoms with van der Waals surface area (Å²) in [6.45, 7) is 15.0. The molecule has 238 valence electrons. The van der Waals surface area contributed by atoms with E-state index in [0.717, 1.165) is 22.8 Å². The summed E-state index contributed by atoms with van der Waals surface area (Å²) < 4.78 is 5.34. The standard InChI is InChI=1S/C33H50N4O6/c1-20(2)15-16-34-30(40)22(5)35-28(39)19-27(38)26(18-23-13-14-24-11-9-10-12-25(24)17-23)36-31(41)29(21(3)4)37-32(42)43-33(6,7)8/h9-14,17,20-22,26-27,29,38H,15-16,18-19H2,1-8H3,(H,34,40)(H,35,39)(H,36,41)(H,37,42). The smallest absolute Gasteiger partial charge is 0.408 e. The van der Waals surface area contributed by atoms with E-state index in [1.165, 1.54) is 0 Å². The normalized spacial score (nSPS) is 14.5. The van der Waals surface area contributed by atoms with Gasteiger partial charge in [0.2, 0.25) is 17.7 Å². The summed E-state index contributed by atoms with van der Waals surface area (Å²) in [5, 5.41) is 24.2. The molecule has 0 saturated carbocycles. The number of nitrogens with one attached hydrogen (secondary N) is 4. The van der Waals surface area contributed by atoms with Gasteiger partial charge in [-0.3, -0.25) is 14.4 Å². The van der Waals surface area contributed by atoms with Crippen molar-refractivity contribution in [1.82, 2.24) is 21.3 Å². The third kappa shape index (κ3) is 12.6. The van der Waals surface area contributed by atoms with Crippen LogP contribution in [0.3, 0.4) is 0 Å². The largest absolute Gasteiger partial charge is 0.444 e. The van der Waals surface area contributed by atoms with Crippen LogP contribution in [0.4, 0.5) is 4.79 Å². The molecule has 10 heteroatoms. The van der Waals surface area contributed by atoms with Crippen molar-refractivity contribution in [2.24, 2.45) is 11.8 Å². The molecule has 4 atom stereocenters. The van der Waals surface area contributed by atoms with Gasteiger partial charge in [-0.1, -0.05) is 70.2 Å². The van der Waals surface area contributed by atoms with Gasteiger partial charge in [0, 0.05) is 6.54 Å². The van der Waals surface area contributed by atoms with Crippen LogP contribution in [0.2, 0.25) is 0 Å². The minimum Gasteiger partial charge on any atom is -0.444 e. The van der Waals surface area contributed by atoms with Gasteiger partial charge in [0.25, 0.3) is 0 Å². The molecule has 5 N–H and O–H groups in total. The van der Waals surface area contributed by atoms with Crippen LogP contribution in [-0.4, -0.2) is 65.3 Å². The van der Waals surface area contributed by atoms with E-state index < -0.39 is 47.7 Å². The van der Waals surface area contributed by atoms with Crippen molar-refractivity contribution < 1.29 is 29.0 Å². The van der Waals surface area contributed by atoms with Crippen molar-refractivity contribution in [3.05, 3.63) is 48.0 Å². The second kappa shape index (κ2) is 16.3. The van der Waals surface area contributed by atoms with Crippen LogP contribution in [0, 0.1) is 11.8 Å². The third-order valence-corrected chi connectivity index (χ3v) is 6.87. The van der Waals surface area contributed by atoms with Gasteiger partial charge in [-0.05, 0) is 68.7 Å². The number of carbonyl (C=O) groups is 4. The lowest BCUT2D eigenvalue weighted by Crippen LogP contribution is -2.56. The van der Waals surface area contributed by atoms with Crippen molar-refractivity contribution in [3.8, 4) is 0 Å². The number of alkyl carbamates (subject to hydrolysis) is 1. The molecule has 2 aromatic rings. The number of aliphatic hydroxyl groups excluding tert-OH is 1. The predicted molar refractivity (Wildman–Crippen MR) is 168 cm³/mol. The molecule has 2 aromatic carbocycles. The highest BCUT2D eigenvalue weighted by Crippen LogP contribution is 2.18. The molecule has 0 aliphatic carbocycles. The van der Waals surface area contributed by atoms with Crippen LogP contribution < -0.4 is 21.3 Å². The molecule has 0 aliphatic heterocycles. The van der Waals surface area contributed by atoms with E-state index in [1.54, 1.807) is 41.5 Å². The Hall–Kier alpha value is -3.66. The molecular formula is C33H50N4O6. The van der Waals surface area contributed by atoms with Crippen LogP contribution in [0.5, 0.6) is 0 Å². The Morgan fingerprint density at radius 1 is 0.860 bits per heavy atom. The molecule has 0 aliphatic rings. The number of benzene rings is 2. The number of hydrogen-bond acceptors (Lipinski definition) is 6. The number of ether oxygens (including phenoxy) is 1. The van der Waals surface area contributed by atoms with Gasteiger partial charge in [-0.15, -0.1) is 0 Å². The summed E-state index contributed by atoms with van der Waals surface area (Å²) in [5.74, 6) is -1.19. The Balaban J connectivity index is 2.19. The van der Waals surface area contributed by atoms with Gasteiger partial charge in [0.05, 0.1) is 18.6 Å². The maximum Gasteiger partial charge on any atom is 0.408 e. The molecule has 43 heavy (non-hydrogen) atoms. The fraction of sp³-hybridized carbons (Fsp3) is 0.576. The van der Waals surface area contributed by atoms with E-state index in [1.807, 2.05) is 42.5 Å². The van der Waals surface area contributed by atoms with Gasteiger partial charge in [0.15, 0.2) is 0 Å². The highest BCUT2D eigenvalue weighted by atomic mass is 16.6. The summed E-state index contributed by atoms with van der Waals surface area (Å²) >= 11 is 0. The van der Waals surface area contributed by atoms with Crippen LogP contribution in [0.1, 0.15) is 73.8 Å². The van der Waals surface area contributed by atoms with E-state index in [4.69, 9.17) is 4.74 Å². The second-order valence-corrected chi connectivity index (χ2v) is 12.9. The first-order chi connectivity index (χ1) is 20.1. The highest BCUT2D eigenvalue weighted by molar-refractivity contribution is 5.88. The van der Waals surface area contributed by atoms with E-state index >= 15 is 0 Å². The topological polar surface area (TPSA) is 146 Å². The van der Waals surface area contributed by atoms with Crippen molar-refractivity contribution in [3.63, 3.8) is 0 Å². The number of fused-ring (bicyclic) bond motifs is 1. The Labute approximate surface area is 255 Å². The Bertz CT molecular complexity index is 1240. The molecule has 4 unspecified atom stereocenters. The maximum atomic E-state index is 13.5. The van der Waals surface area contributed by atoms with Gasteiger partial charge >= 0.3 is 6.09 Å². The molecule has 10 nitrogen and oxygen atoms in total. The average molecular weight is 599 g/mol. The number of rotatable bonds is 14. The van der Waals surface area contributed by atoms with Crippen molar-refractivity contribution in [2.45, 2.75) is 104 Å². The molecule has 0 aromatic heterocycles. The molecule has 0 radical (unpaired) electrons. The summed E-state index contributed by atoms with van der Waals surface area (Å²) in [4.78, 5) is 51.2. The highest BCUT2D eigenvalue weighted by Gasteiger charge is 2.31. The zero-order valence-electron chi connectivity index (χ0n) is 26.8. The maximum absolute atomic E-state index is 13.5. The monoisotopic (exact) mass is 598 g/mol. The van der Waals surface area contributed by atoms with Crippen molar-refractivity contribution >= 4 is 34.6 Å². The minimum atomic E-state index is -1.28. The summed E-state index contributed by atoms with van der Waals surface area (Å²) in [6.07, 6.45) is -1.29. The predicted octanol–water partition coefficient (Wildman–Crippen LogP) is 3.83. The lowest BCUT2D eigenvalue weighted by molar-refractivity contribution is -0.130. The van der Waals surface area contributed by atoms with E-state index in [2.05, 4.69) is 35.1 Å². The fourth-order valence-corrected chi connectivity index (χ4v) is 4.48. The summed E-state index contributed by atoms with van der Waals surface area (Å²) in [7, 11) is 0. The lowest BCUT2D eigenvalue weighted by atomic mass is 9.95. The van der Waals surface area contributed by atoms with Gasteiger partial charge < -0.3 is 31.1 Å². The number of amides is 4. The van der Waals surface area contributed by atoms with Crippen LogP contribution >= 0.6 is 0 Å². The summed E-state index contributed by atoms with van der Waals surface area (Å²) in [6, 6.07) is 11.1. The first kappa shape index (κ1) is 35.5. The first-order valence-electron chi connectivity index (χ1n) is 15.1. The van der Waals surface area contributed by atoms with E-state index in [-0.39, 0.29) is 24.7 Å². The Morgan fingerprint density at radius 3 is 2.12 bits per heavy atom. The van der Waals surface area contributed by atoms with E-state index in [9.17, 15) is 24.3 Å². The zero-order valence-corrected chi connectivity index (χ0v) is 26.8. The van der Waals surface area contributed by atoms with Gasteiger partial charge in [0.1, 0.15) is 17.7 Å². The van der Waals surface area contributed by atoms with Gasteiger partial charge in [-0.2, -0.15) is 0 Å². The molecule has 4 amide bonds. The third-order valence-electron chi connectivity index (χ3n) is 6.87. The lowest BCUT2D eigenvalue weighted by Gasteiger charge is -2.29.